The zero-order valence-electron chi connectivity index (χ0n) is 41.2. The Morgan fingerprint density at radius 2 is 0.708 bits per heavy atom. The zero-order valence-corrected chi connectivity index (χ0v) is 41.2. The molecule has 0 aliphatic carbocycles. The standard InChI is InChI=1S/C59H90O6/c1-4-7-10-13-16-19-22-24-26-28-30-32-34-37-40-43-46-49-52-58(61)64-55-56(54-63-57(60)51-48-45-42-39-36-21-18-15-12-9-6-3)65-59(62)53-50-47-44-41-38-35-33-31-29-27-25-23-20-17-14-11-8-5-2/h9-10,12-13,16-33,39,42,56H,4-8,11,14-15,34-38,40-41,43-55H2,1-3H3/b12-9-,13-10-,19-16-,20-17-,21-18-,24-22-,25-23-,28-26-,29-27-,32-30-,33-31-,42-39-. The summed E-state index contributed by atoms with van der Waals surface area (Å²) in [4.78, 5) is 37.9. The molecule has 0 aliphatic rings. The highest BCUT2D eigenvalue weighted by molar-refractivity contribution is 5.71. The van der Waals surface area contributed by atoms with Gasteiger partial charge >= 0.3 is 17.9 Å². The molecule has 0 fully saturated rings. The van der Waals surface area contributed by atoms with Gasteiger partial charge in [-0.3, -0.25) is 14.4 Å². The van der Waals surface area contributed by atoms with Crippen molar-refractivity contribution in [3.63, 3.8) is 0 Å². The summed E-state index contributed by atoms with van der Waals surface area (Å²) in [5.41, 5.74) is 0. The van der Waals surface area contributed by atoms with Crippen LogP contribution in [0.4, 0.5) is 0 Å². The van der Waals surface area contributed by atoms with Crippen LogP contribution in [0.1, 0.15) is 188 Å². The zero-order chi connectivity index (χ0) is 47.2. The first kappa shape index (κ1) is 60.3. The molecule has 0 saturated carbocycles. The van der Waals surface area contributed by atoms with Crippen LogP contribution in [0.3, 0.4) is 0 Å². The largest absolute Gasteiger partial charge is 0.462 e. The van der Waals surface area contributed by atoms with Crippen molar-refractivity contribution in [2.45, 2.75) is 194 Å². The molecule has 65 heavy (non-hydrogen) atoms. The maximum Gasteiger partial charge on any atom is 0.306 e. The molecule has 0 spiro atoms. The van der Waals surface area contributed by atoms with Crippen LogP contribution in [-0.2, 0) is 28.6 Å². The summed E-state index contributed by atoms with van der Waals surface area (Å²) in [6.45, 7) is 6.27. The van der Waals surface area contributed by atoms with Gasteiger partial charge in [-0.2, -0.15) is 0 Å². The van der Waals surface area contributed by atoms with E-state index in [0.717, 1.165) is 116 Å². The number of esters is 3. The maximum atomic E-state index is 12.8. The van der Waals surface area contributed by atoms with Crippen LogP contribution in [0.2, 0.25) is 0 Å². The topological polar surface area (TPSA) is 78.9 Å². The van der Waals surface area contributed by atoms with Crippen LogP contribution in [0.5, 0.6) is 0 Å². The van der Waals surface area contributed by atoms with E-state index in [1.807, 2.05) is 36.5 Å². The number of hydrogen-bond acceptors (Lipinski definition) is 6. The first-order chi connectivity index (χ1) is 32.0. The van der Waals surface area contributed by atoms with E-state index in [1.165, 1.54) is 25.7 Å². The smallest absolute Gasteiger partial charge is 0.306 e. The Labute approximate surface area is 397 Å². The van der Waals surface area contributed by atoms with Crippen LogP contribution >= 0.6 is 0 Å². The van der Waals surface area contributed by atoms with Crippen molar-refractivity contribution in [3.05, 3.63) is 146 Å². The molecule has 1 atom stereocenters. The molecule has 6 nitrogen and oxygen atoms in total. The van der Waals surface area contributed by atoms with Crippen molar-refractivity contribution in [1.29, 1.82) is 0 Å². The third-order valence-corrected chi connectivity index (χ3v) is 10.0. The number of ether oxygens (including phenoxy) is 3. The number of allylic oxidation sites excluding steroid dienone is 24. The fourth-order valence-electron chi connectivity index (χ4n) is 6.21. The quantitative estimate of drug-likeness (QED) is 0.0199. The van der Waals surface area contributed by atoms with E-state index in [4.69, 9.17) is 14.2 Å². The molecule has 6 heteroatoms. The molecule has 0 heterocycles. The van der Waals surface area contributed by atoms with E-state index in [2.05, 4.69) is 130 Å². The highest BCUT2D eigenvalue weighted by Crippen LogP contribution is 2.12. The Balaban J connectivity index is 4.56. The van der Waals surface area contributed by atoms with Crippen molar-refractivity contribution >= 4 is 17.9 Å². The molecule has 0 aromatic heterocycles. The second-order valence-electron chi connectivity index (χ2n) is 16.2. The molecule has 0 rings (SSSR count). The monoisotopic (exact) mass is 895 g/mol. The highest BCUT2D eigenvalue weighted by atomic mass is 16.6. The average Bonchev–Trinajstić information content (AvgIpc) is 3.30. The third kappa shape index (κ3) is 50.2. The van der Waals surface area contributed by atoms with E-state index < -0.39 is 6.10 Å². The lowest BCUT2D eigenvalue weighted by Crippen LogP contribution is -2.30. The Hall–Kier alpha value is -4.71. The maximum absolute atomic E-state index is 12.8. The van der Waals surface area contributed by atoms with Gasteiger partial charge in [0, 0.05) is 19.3 Å². The van der Waals surface area contributed by atoms with E-state index in [1.54, 1.807) is 0 Å². The second kappa shape index (κ2) is 51.9. The van der Waals surface area contributed by atoms with Gasteiger partial charge in [0.05, 0.1) is 0 Å². The van der Waals surface area contributed by atoms with Gasteiger partial charge in [0.1, 0.15) is 13.2 Å². The summed E-state index contributed by atoms with van der Waals surface area (Å²) < 4.78 is 16.7. The predicted molar refractivity (Wildman–Crippen MR) is 279 cm³/mol. The first-order valence-corrected chi connectivity index (χ1v) is 25.5. The molecule has 362 valence electrons. The fourth-order valence-corrected chi connectivity index (χ4v) is 6.21. The van der Waals surface area contributed by atoms with Crippen molar-refractivity contribution in [2.75, 3.05) is 13.2 Å². The Kier molecular flexibility index (Phi) is 48.2. The van der Waals surface area contributed by atoms with E-state index in [9.17, 15) is 14.4 Å². The molecule has 0 saturated heterocycles. The minimum atomic E-state index is -0.828. The van der Waals surface area contributed by atoms with Gasteiger partial charge in [-0.05, 0) is 89.9 Å². The molecular formula is C59H90O6. The van der Waals surface area contributed by atoms with Gasteiger partial charge in [0.2, 0.25) is 0 Å². The Morgan fingerprint density at radius 3 is 1.18 bits per heavy atom. The molecule has 0 bridgehead atoms. The number of carbonyl (C=O) groups is 3. The van der Waals surface area contributed by atoms with Gasteiger partial charge in [-0.25, -0.2) is 0 Å². The van der Waals surface area contributed by atoms with Crippen molar-refractivity contribution in [1.82, 2.24) is 0 Å². The number of carbonyl (C=O) groups excluding carboxylic acids is 3. The van der Waals surface area contributed by atoms with Crippen LogP contribution in [-0.4, -0.2) is 37.2 Å². The summed E-state index contributed by atoms with van der Waals surface area (Å²) in [6.07, 6.45) is 74.0. The normalized spacial score (nSPS) is 13.3. The van der Waals surface area contributed by atoms with Gasteiger partial charge in [-0.15, -0.1) is 0 Å². The van der Waals surface area contributed by atoms with Crippen LogP contribution in [0, 0.1) is 0 Å². The predicted octanol–water partition coefficient (Wildman–Crippen LogP) is 16.9. The molecular weight excluding hydrogens is 805 g/mol. The minimum absolute atomic E-state index is 0.124. The number of unbranched alkanes of at least 4 members (excludes halogenated alkanes) is 15. The number of hydrogen-bond donors (Lipinski definition) is 0. The molecule has 0 aliphatic heterocycles. The van der Waals surface area contributed by atoms with E-state index in [0.29, 0.717) is 12.8 Å². The highest BCUT2D eigenvalue weighted by Gasteiger charge is 2.19. The van der Waals surface area contributed by atoms with Crippen molar-refractivity contribution in [3.8, 4) is 0 Å². The van der Waals surface area contributed by atoms with Crippen molar-refractivity contribution in [2.24, 2.45) is 0 Å². The fraction of sp³-hybridized carbons (Fsp3) is 0.542. The third-order valence-electron chi connectivity index (χ3n) is 10.0. The SMILES string of the molecule is CC/C=C\C/C=C\C/C=C\CCCC(=O)OCC(COC(=O)CCCCCCC\C=C/C=C\C=C/C=C\C=C/CCC)OC(=O)CCCCCCC\C=C/C=C\C=C/C=C\CCCCC. The van der Waals surface area contributed by atoms with E-state index >= 15 is 0 Å². The molecule has 0 radical (unpaired) electrons. The van der Waals surface area contributed by atoms with Gasteiger partial charge in [0.25, 0.3) is 0 Å². The van der Waals surface area contributed by atoms with Gasteiger partial charge < -0.3 is 14.2 Å². The Morgan fingerprint density at radius 1 is 0.338 bits per heavy atom. The van der Waals surface area contributed by atoms with Gasteiger partial charge in [0.15, 0.2) is 6.10 Å². The Bertz CT molecular complexity index is 1490. The summed E-state index contributed by atoms with van der Waals surface area (Å²) in [5, 5.41) is 0. The van der Waals surface area contributed by atoms with Gasteiger partial charge in [-0.1, -0.05) is 224 Å². The lowest BCUT2D eigenvalue weighted by molar-refractivity contribution is -0.167. The molecule has 0 aromatic carbocycles. The molecule has 1 unspecified atom stereocenters. The molecule has 0 aromatic rings. The second-order valence-corrected chi connectivity index (χ2v) is 16.2. The summed E-state index contributed by atoms with van der Waals surface area (Å²) >= 11 is 0. The number of rotatable bonds is 43. The summed E-state index contributed by atoms with van der Waals surface area (Å²) in [6, 6.07) is 0. The lowest BCUT2D eigenvalue weighted by atomic mass is 10.1. The van der Waals surface area contributed by atoms with Crippen LogP contribution < -0.4 is 0 Å². The minimum Gasteiger partial charge on any atom is -0.462 e. The van der Waals surface area contributed by atoms with Crippen LogP contribution in [0.15, 0.2) is 146 Å². The van der Waals surface area contributed by atoms with Crippen LogP contribution in [0.25, 0.3) is 0 Å². The molecule has 0 amide bonds. The van der Waals surface area contributed by atoms with Crippen molar-refractivity contribution < 1.29 is 28.6 Å². The van der Waals surface area contributed by atoms with E-state index in [-0.39, 0.29) is 44.0 Å². The summed E-state index contributed by atoms with van der Waals surface area (Å²) in [5.74, 6) is -1.04. The molecule has 0 N–H and O–H groups in total. The first-order valence-electron chi connectivity index (χ1n) is 25.5. The lowest BCUT2D eigenvalue weighted by Gasteiger charge is -2.18. The summed E-state index contributed by atoms with van der Waals surface area (Å²) in [7, 11) is 0. The average molecular weight is 895 g/mol.